The normalized spacial score (nSPS) is 18.9. The zero-order valence-electron chi connectivity index (χ0n) is 23.8. The number of hydrogen-bond donors (Lipinski definition) is 1. The van der Waals surface area contributed by atoms with Crippen LogP contribution in [-0.4, -0.2) is 73.2 Å². The van der Waals surface area contributed by atoms with Crippen molar-refractivity contribution >= 4 is 17.5 Å². The van der Waals surface area contributed by atoms with E-state index in [0.717, 1.165) is 49.7 Å². The molecule has 0 spiro atoms. The molecular weight excluding hydrogens is 519 g/mol. The quantitative estimate of drug-likeness (QED) is 0.522. The number of halogens is 3. The van der Waals surface area contributed by atoms with E-state index in [-0.39, 0.29) is 19.0 Å². The fraction of sp³-hybridized carbons (Fsp3) is 0.548. The number of alkyl halides is 3. The van der Waals surface area contributed by atoms with Crippen molar-refractivity contribution in [1.82, 2.24) is 9.80 Å². The number of rotatable bonds is 6. The van der Waals surface area contributed by atoms with Crippen LogP contribution in [-0.2, 0) is 10.4 Å². The monoisotopic (exact) mass is 559 g/mol. The van der Waals surface area contributed by atoms with Gasteiger partial charge < -0.3 is 19.8 Å². The Labute approximate surface area is 234 Å². The third-order valence-electron chi connectivity index (χ3n) is 8.55. The number of carbonyl (C=O) groups excluding carboxylic acids is 2. The molecule has 0 aromatic heterocycles. The van der Waals surface area contributed by atoms with Crippen molar-refractivity contribution < 1.29 is 27.9 Å². The van der Waals surface area contributed by atoms with E-state index < -0.39 is 23.2 Å². The molecule has 2 aromatic rings. The Morgan fingerprint density at radius 1 is 0.925 bits per heavy atom. The van der Waals surface area contributed by atoms with E-state index in [2.05, 4.69) is 11.0 Å². The molecule has 40 heavy (non-hydrogen) atoms. The van der Waals surface area contributed by atoms with E-state index >= 15 is 0 Å². The van der Waals surface area contributed by atoms with Crippen LogP contribution in [0.25, 0.3) is 0 Å². The van der Waals surface area contributed by atoms with Crippen LogP contribution in [0.1, 0.15) is 59.2 Å². The lowest BCUT2D eigenvalue weighted by Gasteiger charge is -2.40. The summed E-state index contributed by atoms with van der Waals surface area (Å²) >= 11 is 0. The number of benzene rings is 2. The predicted octanol–water partition coefficient (Wildman–Crippen LogP) is 5.30. The van der Waals surface area contributed by atoms with Crippen molar-refractivity contribution in [3.05, 3.63) is 64.7 Å². The minimum absolute atomic E-state index is 0.00578. The third kappa shape index (κ3) is 6.14. The molecule has 1 unspecified atom stereocenters. The smallest absolute Gasteiger partial charge is 0.372 e. The summed E-state index contributed by atoms with van der Waals surface area (Å²) in [5.74, 6) is -0.421. The van der Waals surface area contributed by atoms with Gasteiger partial charge in [0.15, 0.2) is 0 Å². The lowest BCUT2D eigenvalue weighted by molar-refractivity contribution is -0.262. The summed E-state index contributed by atoms with van der Waals surface area (Å²) in [6, 6.07) is 11.4. The molecule has 2 saturated heterocycles. The van der Waals surface area contributed by atoms with Crippen molar-refractivity contribution in [2.24, 2.45) is 11.8 Å². The number of aryl methyl sites for hydroxylation is 2. The fourth-order valence-electron chi connectivity index (χ4n) is 6.10. The van der Waals surface area contributed by atoms with Gasteiger partial charge in [-0.15, -0.1) is 0 Å². The van der Waals surface area contributed by atoms with Gasteiger partial charge in [0.05, 0.1) is 0 Å². The fourth-order valence-corrected chi connectivity index (χ4v) is 6.10. The maximum Gasteiger partial charge on any atom is 0.430 e. The van der Waals surface area contributed by atoms with Crippen LogP contribution >= 0.6 is 0 Å². The van der Waals surface area contributed by atoms with Gasteiger partial charge in [0.1, 0.15) is 0 Å². The van der Waals surface area contributed by atoms with Gasteiger partial charge >= 0.3 is 6.18 Å². The van der Waals surface area contributed by atoms with Crippen LogP contribution in [0.5, 0.6) is 0 Å². The Morgan fingerprint density at radius 3 is 2.05 bits per heavy atom. The van der Waals surface area contributed by atoms with Crippen LogP contribution in [0.4, 0.5) is 18.9 Å². The second-order valence-corrected chi connectivity index (χ2v) is 11.7. The van der Waals surface area contributed by atoms with Crippen LogP contribution in [0, 0.1) is 25.7 Å². The molecule has 0 radical (unpaired) electrons. The molecule has 4 rings (SSSR count). The van der Waals surface area contributed by atoms with E-state index in [0.29, 0.717) is 35.8 Å². The number of aliphatic hydroxyl groups is 1. The number of likely N-dealkylation sites (tertiary alicyclic amines) is 1. The minimum Gasteiger partial charge on any atom is -0.372 e. The standard InChI is InChI=1S/C31H40F3N3O3/c1-21-6-5-7-25(18-21)30(40,31(32,33)34)29(39)37-16-12-24(13-17-37)20-23-10-14-36(15-11-23)26-8-9-27(22(2)19-26)28(38)35(3)4/h5-9,18-19,23-24,40H,10-17,20H2,1-4H3. The third-order valence-corrected chi connectivity index (χ3v) is 8.55. The summed E-state index contributed by atoms with van der Waals surface area (Å²) in [6.07, 6.45) is -0.811. The SMILES string of the molecule is Cc1cccc(C(O)(C(=O)N2CCC(CC3CCN(c4ccc(C(=O)N(C)C)c(C)c4)CC3)CC2)C(F)(F)F)c1. The van der Waals surface area contributed by atoms with Crippen LogP contribution in [0.2, 0.25) is 0 Å². The topological polar surface area (TPSA) is 64.1 Å². The first-order valence-electron chi connectivity index (χ1n) is 14.0. The van der Waals surface area contributed by atoms with E-state index in [4.69, 9.17) is 0 Å². The Hall–Kier alpha value is -3.07. The van der Waals surface area contributed by atoms with Gasteiger partial charge in [0, 0.05) is 57.1 Å². The molecule has 2 aliphatic rings. The van der Waals surface area contributed by atoms with Crippen LogP contribution in [0.3, 0.4) is 0 Å². The summed E-state index contributed by atoms with van der Waals surface area (Å²) in [7, 11) is 3.49. The number of hydrogen-bond acceptors (Lipinski definition) is 4. The molecule has 1 atom stereocenters. The van der Waals surface area contributed by atoms with E-state index in [1.807, 2.05) is 19.1 Å². The molecule has 1 N–H and O–H groups in total. The molecular formula is C31H40F3N3O3. The van der Waals surface area contributed by atoms with Gasteiger partial charge in [0.25, 0.3) is 17.4 Å². The highest BCUT2D eigenvalue weighted by Gasteiger charge is 2.62. The van der Waals surface area contributed by atoms with Gasteiger partial charge in [-0.1, -0.05) is 29.8 Å². The highest BCUT2D eigenvalue weighted by molar-refractivity contribution is 5.95. The Balaban J connectivity index is 1.30. The van der Waals surface area contributed by atoms with Gasteiger partial charge in [-0.3, -0.25) is 9.59 Å². The second kappa shape index (κ2) is 11.8. The maximum atomic E-state index is 14.1. The molecule has 0 aliphatic carbocycles. The van der Waals surface area contributed by atoms with Crippen LogP contribution in [0.15, 0.2) is 42.5 Å². The highest BCUT2D eigenvalue weighted by atomic mass is 19.4. The van der Waals surface area contributed by atoms with Crippen molar-refractivity contribution in [2.75, 3.05) is 45.2 Å². The molecule has 2 aromatic carbocycles. The van der Waals surface area contributed by atoms with Crippen molar-refractivity contribution in [3.63, 3.8) is 0 Å². The van der Waals surface area contributed by atoms with Gasteiger partial charge in [-0.2, -0.15) is 13.2 Å². The van der Waals surface area contributed by atoms with Gasteiger partial charge in [0.2, 0.25) is 0 Å². The first kappa shape index (κ1) is 29.9. The summed E-state index contributed by atoms with van der Waals surface area (Å²) in [6.45, 7) is 5.84. The molecule has 2 aliphatic heterocycles. The van der Waals surface area contributed by atoms with E-state index in [9.17, 15) is 27.9 Å². The first-order chi connectivity index (χ1) is 18.8. The molecule has 0 bridgehead atoms. The molecule has 218 valence electrons. The predicted molar refractivity (Wildman–Crippen MR) is 149 cm³/mol. The Bertz CT molecular complexity index is 1220. The zero-order valence-corrected chi connectivity index (χ0v) is 23.8. The number of amides is 2. The maximum absolute atomic E-state index is 14.1. The Morgan fingerprint density at radius 2 is 1.52 bits per heavy atom. The summed E-state index contributed by atoms with van der Waals surface area (Å²) in [5.41, 5.74) is -0.656. The zero-order chi connectivity index (χ0) is 29.2. The average molecular weight is 560 g/mol. The molecule has 2 fully saturated rings. The molecule has 0 saturated carbocycles. The van der Waals surface area contributed by atoms with Gasteiger partial charge in [-0.05, 0) is 81.5 Å². The van der Waals surface area contributed by atoms with Gasteiger partial charge in [-0.25, -0.2) is 0 Å². The second-order valence-electron chi connectivity index (χ2n) is 11.7. The summed E-state index contributed by atoms with van der Waals surface area (Å²) in [5, 5.41) is 10.8. The van der Waals surface area contributed by atoms with Crippen molar-refractivity contribution in [2.45, 2.75) is 57.7 Å². The molecule has 2 heterocycles. The van der Waals surface area contributed by atoms with E-state index in [1.54, 1.807) is 32.0 Å². The molecule has 9 heteroatoms. The first-order valence-corrected chi connectivity index (χ1v) is 14.0. The summed E-state index contributed by atoms with van der Waals surface area (Å²) < 4.78 is 42.2. The highest BCUT2D eigenvalue weighted by Crippen LogP contribution is 2.42. The summed E-state index contributed by atoms with van der Waals surface area (Å²) in [4.78, 5) is 30.5. The van der Waals surface area contributed by atoms with Crippen LogP contribution < -0.4 is 4.90 Å². The lowest BCUT2D eigenvalue weighted by Crippen LogP contribution is -2.57. The Kier molecular flexibility index (Phi) is 8.83. The van der Waals surface area contributed by atoms with E-state index in [1.165, 1.54) is 17.0 Å². The van der Waals surface area contributed by atoms with Crippen molar-refractivity contribution in [1.29, 1.82) is 0 Å². The molecule has 2 amide bonds. The number of anilines is 1. The minimum atomic E-state index is -5.12. The number of piperidine rings is 2. The number of nitrogens with zero attached hydrogens (tertiary/aromatic N) is 3. The van der Waals surface area contributed by atoms with Crippen molar-refractivity contribution in [3.8, 4) is 0 Å². The number of carbonyl (C=O) groups is 2. The largest absolute Gasteiger partial charge is 0.430 e. The average Bonchev–Trinajstić information content (AvgIpc) is 2.92. The lowest BCUT2D eigenvalue weighted by atomic mass is 9.82. The molecule has 6 nitrogen and oxygen atoms in total.